The summed E-state index contributed by atoms with van der Waals surface area (Å²) in [7, 11) is 0. The number of para-hydroxylation sites is 4. The number of pyridine rings is 2. The van der Waals surface area contributed by atoms with Crippen molar-refractivity contribution in [1.29, 1.82) is 0 Å². The summed E-state index contributed by atoms with van der Waals surface area (Å²) in [5, 5.41) is 9.91. The minimum atomic E-state index is 0.717. The molecule has 0 radical (unpaired) electrons. The van der Waals surface area contributed by atoms with Crippen LogP contribution < -0.4 is 0 Å². The van der Waals surface area contributed by atoms with Gasteiger partial charge in [-0.15, -0.1) is 11.3 Å². The van der Waals surface area contributed by atoms with Crippen molar-refractivity contribution in [3.63, 3.8) is 0 Å². The first-order valence-corrected chi connectivity index (χ1v) is 23.8. The summed E-state index contributed by atoms with van der Waals surface area (Å²) < 4.78 is 19.3. The van der Waals surface area contributed by atoms with Crippen LogP contribution in [-0.2, 0) is 0 Å². The highest BCUT2D eigenvalue weighted by Crippen LogP contribution is 2.43. The Morgan fingerprint density at radius 1 is 0.343 bits per heavy atom. The van der Waals surface area contributed by atoms with Gasteiger partial charge in [-0.2, -0.15) is 8.75 Å². The SMILES string of the molecule is c1ccc(-n2c3ccccc3c3cc4c(cc32)c2ccccc2n4-c2ccc(-c3cnc(-c4ccc(-n5c6ccccc6c6cc7sc8ccccc8c7cc65)cn4)c4nsnc34)cc2)cc1. The van der Waals surface area contributed by atoms with E-state index in [9.17, 15) is 0 Å². The number of nitrogens with zero attached hydrogens (tertiary/aromatic N) is 7. The lowest BCUT2D eigenvalue weighted by Gasteiger charge is -2.11. The van der Waals surface area contributed by atoms with Crippen LogP contribution in [0, 0.1) is 0 Å². The lowest BCUT2D eigenvalue weighted by atomic mass is 10.0. The molecule has 67 heavy (non-hydrogen) atoms. The van der Waals surface area contributed by atoms with Crippen molar-refractivity contribution in [1.82, 2.24) is 32.4 Å². The van der Waals surface area contributed by atoms with Gasteiger partial charge in [0.25, 0.3) is 0 Å². The van der Waals surface area contributed by atoms with Gasteiger partial charge in [0.2, 0.25) is 0 Å². The van der Waals surface area contributed by atoms with Gasteiger partial charge in [-0.05, 0) is 90.5 Å². The molecule has 9 heteroatoms. The largest absolute Gasteiger partial charge is 0.309 e. The van der Waals surface area contributed by atoms with Crippen molar-refractivity contribution in [2.75, 3.05) is 0 Å². The first kappa shape index (κ1) is 36.8. The number of rotatable bonds is 5. The van der Waals surface area contributed by atoms with Gasteiger partial charge >= 0.3 is 0 Å². The summed E-state index contributed by atoms with van der Waals surface area (Å²) >= 11 is 3.06. The molecule has 0 spiro atoms. The van der Waals surface area contributed by atoms with Gasteiger partial charge in [0, 0.05) is 75.6 Å². The third kappa shape index (κ3) is 5.32. The second-order valence-electron chi connectivity index (χ2n) is 17.2. The molecule has 0 fully saturated rings. The standard InChI is InChI=1S/C58H33N7S2/c1-2-12-35(13-3-1)63-48-18-8-4-14-38(48)42-29-52-43(28-51(42)63)39-15-5-9-19-49(39)64(52)36-24-22-34(23-25-36)46-33-60-57(58-56(46)61-67-62-58)47-27-26-37(32-59-47)65-50-20-10-6-16-40(50)44-31-55-45(30-53(44)65)41-17-7-11-21-54(41)66-55/h1-33H. The van der Waals surface area contributed by atoms with Crippen LogP contribution in [0.15, 0.2) is 200 Å². The van der Waals surface area contributed by atoms with Crippen LogP contribution in [0.25, 0.3) is 136 Å². The molecular weight excluding hydrogens is 859 g/mol. The Bertz CT molecular complexity index is 4500. The van der Waals surface area contributed by atoms with Gasteiger partial charge in [-0.3, -0.25) is 9.97 Å². The Labute approximate surface area is 390 Å². The van der Waals surface area contributed by atoms with Crippen LogP contribution in [0.1, 0.15) is 0 Å². The smallest absolute Gasteiger partial charge is 0.133 e. The van der Waals surface area contributed by atoms with Crippen molar-refractivity contribution in [2.24, 2.45) is 0 Å². The second-order valence-corrected chi connectivity index (χ2v) is 18.8. The zero-order valence-electron chi connectivity index (χ0n) is 35.5. The molecule has 8 aromatic carbocycles. The van der Waals surface area contributed by atoms with Crippen molar-refractivity contribution < 1.29 is 0 Å². The van der Waals surface area contributed by atoms with Gasteiger partial charge in [-0.25, -0.2) is 0 Å². The molecule has 0 unspecified atom stereocenters. The summed E-state index contributed by atoms with van der Waals surface area (Å²) in [6.07, 6.45) is 3.88. The van der Waals surface area contributed by atoms with Gasteiger partial charge in [0.05, 0.1) is 62.4 Å². The van der Waals surface area contributed by atoms with Crippen molar-refractivity contribution in [3.05, 3.63) is 200 Å². The minimum absolute atomic E-state index is 0.717. The minimum Gasteiger partial charge on any atom is -0.309 e. The fourth-order valence-corrected chi connectivity index (χ4v) is 12.3. The Morgan fingerprint density at radius 2 is 0.866 bits per heavy atom. The Morgan fingerprint density at radius 3 is 1.51 bits per heavy atom. The van der Waals surface area contributed by atoms with E-state index in [1.165, 1.54) is 80.8 Å². The van der Waals surface area contributed by atoms with Crippen LogP contribution >= 0.6 is 23.1 Å². The highest BCUT2D eigenvalue weighted by molar-refractivity contribution is 7.25. The van der Waals surface area contributed by atoms with Gasteiger partial charge in [0.15, 0.2) is 0 Å². The topological polar surface area (TPSA) is 66.3 Å². The molecule has 0 atom stereocenters. The third-order valence-electron chi connectivity index (χ3n) is 13.6. The fraction of sp³-hybridized carbons (Fsp3) is 0. The lowest BCUT2D eigenvalue weighted by molar-refractivity contribution is 1.14. The van der Waals surface area contributed by atoms with E-state index in [1.807, 2.05) is 23.7 Å². The van der Waals surface area contributed by atoms with Crippen molar-refractivity contribution >= 4 is 120 Å². The van der Waals surface area contributed by atoms with Gasteiger partial charge in [-0.1, -0.05) is 103 Å². The molecule has 7 aromatic heterocycles. The fourth-order valence-electron chi connectivity index (χ4n) is 10.6. The van der Waals surface area contributed by atoms with E-state index in [1.54, 1.807) is 0 Å². The molecule has 0 N–H and O–H groups in total. The number of aromatic nitrogens is 7. The summed E-state index contributed by atoms with van der Waals surface area (Å²) in [6, 6.07) is 67.8. The van der Waals surface area contributed by atoms with Crippen LogP contribution in [-0.4, -0.2) is 32.4 Å². The molecule has 0 aliphatic carbocycles. The average molecular weight is 892 g/mol. The first-order valence-electron chi connectivity index (χ1n) is 22.3. The second kappa shape index (κ2) is 14.0. The molecular formula is C58H33N7S2. The molecule has 0 aliphatic heterocycles. The van der Waals surface area contributed by atoms with Crippen LogP contribution in [0.5, 0.6) is 0 Å². The Hall–Kier alpha value is -8.50. The van der Waals surface area contributed by atoms with Crippen LogP contribution in [0.4, 0.5) is 0 Å². The molecule has 0 bridgehead atoms. The van der Waals surface area contributed by atoms with E-state index < -0.39 is 0 Å². The van der Waals surface area contributed by atoms with Gasteiger partial charge in [0.1, 0.15) is 16.7 Å². The lowest BCUT2D eigenvalue weighted by Crippen LogP contribution is -1.97. The number of hydrogen-bond donors (Lipinski definition) is 0. The van der Waals surface area contributed by atoms with E-state index in [0.717, 1.165) is 67.2 Å². The molecule has 0 saturated heterocycles. The monoisotopic (exact) mass is 891 g/mol. The molecule has 7 nitrogen and oxygen atoms in total. The van der Waals surface area contributed by atoms with E-state index in [4.69, 9.17) is 18.7 Å². The van der Waals surface area contributed by atoms with Crippen LogP contribution in [0.3, 0.4) is 0 Å². The molecule has 0 aliphatic rings. The molecule has 15 rings (SSSR count). The van der Waals surface area contributed by atoms with Gasteiger partial charge < -0.3 is 13.7 Å². The van der Waals surface area contributed by atoms with E-state index in [0.29, 0.717) is 0 Å². The molecule has 312 valence electrons. The van der Waals surface area contributed by atoms with E-state index in [2.05, 4.69) is 202 Å². The van der Waals surface area contributed by atoms with Crippen molar-refractivity contribution in [3.8, 4) is 39.6 Å². The average Bonchev–Trinajstić information content (AvgIpc) is 4.22. The van der Waals surface area contributed by atoms with E-state index in [-0.39, 0.29) is 0 Å². The third-order valence-corrected chi connectivity index (χ3v) is 15.3. The number of fused-ring (bicyclic) bond motifs is 13. The zero-order chi connectivity index (χ0) is 43.7. The first-order chi connectivity index (χ1) is 33.2. The van der Waals surface area contributed by atoms with E-state index >= 15 is 0 Å². The predicted octanol–water partition coefficient (Wildman–Crippen LogP) is 15.5. The predicted molar refractivity (Wildman–Crippen MR) is 280 cm³/mol. The summed E-state index contributed by atoms with van der Waals surface area (Å²) in [5.74, 6) is 0. The summed E-state index contributed by atoms with van der Waals surface area (Å²) in [5.41, 5.74) is 15.2. The molecule has 0 amide bonds. The zero-order valence-corrected chi connectivity index (χ0v) is 37.1. The molecule has 0 saturated carbocycles. The Kier molecular flexibility index (Phi) is 7.69. The quantitative estimate of drug-likeness (QED) is 0.173. The maximum absolute atomic E-state index is 5.05. The number of benzene rings is 8. The molecule has 15 aromatic rings. The van der Waals surface area contributed by atoms with Crippen molar-refractivity contribution in [2.45, 2.75) is 0 Å². The maximum atomic E-state index is 5.05. The highest BCUT2D eigenvalue weighted by Gasteiger charge is 2.21. The maximum Gasteiger partial charge on any atom is 0.133 e. The number of hydrogen-bond acceptors (Lipinski definition) is 6. The molecule has 7 heterocycles. The Balaban J connectivity index is 0.812. The highest BCUT2D eigenvalue weighted by atomic mass is 32.1. The normalized spacial score (nSPS) is 12.2. The van der Waals surface area contributed by atoms with Crippen LogP contribution in [0.2, 0.25) is 0 Å². The summed E-state index contributed by atoms with van der Waals surface area (Å²) in [6.45, 7) is 0. The number of thiophene rings is 1. The summed E-state index contributed by atoms with van der Waals surface area (Å²) in [4.78, 5) is 10.1.